The van der Waals surface area contributed by atoms with Crippen molar-refractivity contribution in [2.45, 2.75) is 26.3 Å². The minimum atomic E-state index is -0.262. The summed E-state index contributed by atoms with van der Waals surface area (Å²) in [6.45, 7) is 3.63. The molecule has 1 rings (SSSR count). The topological polar surface area (TPSA) is 54.0 Å². The van der Waals surface area contributed by atoms with Gasteiger partial charge < -0.3 is 10.6 Å². The highest BCUT2D eigenvalue weighted by atomic mass is 32.1. The molecule has 86 valence electrons. The molecule has 5 heteroatoms. The summed E-state index contributed by atoms with van der Waals surface area (Å²) in [5, 5.41) is 6.31. The highest BCUT2D eigenvalue weighted by Gasteiger charge is 2.11. The van der Waals surface area contributed by atoms with Crippen molar-refractivity contribution in [3.05, 3.63) is 24.5 Å². The Morgan fingerprint density at radius 1 is 1.62 bits per heavy atom. The van der Waals surface area contributed by atoms with Crippen molar-refractivity contribution in [1.29, 1.82) is 0 Å². The van der Waals surface area contributed by atoms with Gasteiger partial charge in [0.05, 0.1) is 17.9 Å². The molecule has 0 fully saturated rings. The summed E-state index contributed by atoms with van der Waals surface area (Å²) < 4.78 is 0. The Kier molecular flexibility index (Phi) is 4.85. The molecular weight excluding hydrogens is 222 g/mol. The predicted octanol–water partition coefficient (Wildman–Crippen LogP) is 1.74. The molecule has 0 amide bonds. The second-order valence-electron chi connectivity index (χ2n) is 3.38. The number of hydrogen-bond acceptors (Lipinski definition) is 3. The Morgan fingerprint density at radius 3 is 2.94 bits per heavy atom. The first-order chi connectivity index (χ1) is 7.63. The third-order valence-corrected chi connectivity index (χ3v) is 2.32. The molecule has 16 heavy (non-hydrogen) atoms. The van der Waals surface area contributed by atoms with E-state index in [9.17, 15) is 4.79 Å². The number of Topliss-reactive ketones (excluding diaryl/α,β-unsaturated/α-hetero) is 1. The van der Waals surface area contributed by atoms with E-state index in [1.807, 2.05) is 19.1 Å². The van der Waals surface area contributed by atoms with Crippen molar-refractivity contribution in [3.8, 4) is 0 Å². The van der Waals surface area contributed by atoms with E-state index in [2.05, 4.69) is 15.6 Å². The number of pyridine rings is 1. The molecule has 0 aliphatic rings. The molecule has 0 radical (unpaired) electrons. The first-order valence-corrected chi connectivity index (χ1v) is 5.54. The number of carbonyl (C=O) groups excluding carboxylic acids is 1. The van der Waals surface area contributed by atoms with E-state index in [0.29, 0.717) is 11.5 Å². The van der Waals surface area contributed by atoms with E-state index in [1.54, 1.807) is 19.3 Å². The van der Waals surface area contributed by atoms with E-state index in [4.69, 9.17) is 12.2 Å². The third kappa shape index (κ3) is 3.94. The van der Waals surface area contributed by atoms with Crippen LogP contribution in [0.3, 0.4) is 0 Å². The van der Waals surface area contributed by atoms with Gasteiger partial charge in [-0.1, -0.05) is 6.92 Å². The van der Waals surface area contributed by atoms with Crippen molar-refractivity contribution < 1.29 is 4.79 Å². The molecule has 1 heterocycles. The SMILES string of the molecule is CCC(=O)[C@H](C)NC(=S)Nc1cccnc1. The molecule has 0 bridgehead atoms. The lowest BCUT2D eigenvalue weighted by molar-refractivity contribution is -0.120. The molecule has 0 unspecified atom stereocenters. The number of ketones is 1. The lowest BCUT2D eigenvalue weighted by Gasteiger charge is -2.15. The van der Waals surface area contributed by atoms with Crippen molar-refractivity contribution >= 4 is 28.8 Å². The van der Waals surface area contributed by atoms with Crippen LogP contribution in [0.15, 0.2) is 24.5 Å². The molecule has 0 aliphatic carbocycles. The second-order valence-corrected chi connectivity index (χ2v) is 3.79. The van der Waals surface area contributed by atoms with Gasteiger partial charge in [-0.05, 0) is 31.3 Å². The minimum Gasteiger partial charge on any atom is -0.353 e. The largest absolute Gasteiger partial charge is 0.353 e. The van der Waals surface area contributed by atoms with Gasteiger partial charge in [-0.25, -0.2) is 0 Å². The van der Waals surface area contributed by atoms with Crippen LogP contribution in [-0.2, 0) is 4.79 Å². The average molecular weight is 237 g/mol. The zero-order chi connectivity index (χ0) is 12.0. The highest BCUT2D eigenvalue weighted by molar-refractivity contribution is 7.80. The van der Waals surface area contributed by atoms with Crippen LogP contribution in [0.25, 0.3) is 0 Å². The summed E-state index contributed by atoms with van der Waals surface area (Å²) in [4.78, 5) is 15.3. The van der Waals surface area contributed by atoms with Gasteiger partial charge in [0.15, 0.2) is 10.9 Å². The maximum absolute atomic E-state index is 11.3. The Balaban J connectivity index is 2.45. The van der Waals surface area contributed by atoms with Gasteiger partial charge in [0.25, 0.3) is 0 Å². The van der Waals surface area contributed by atoms with Gasteiger partial charge in [-0.15, -0.1) is 0 Å². The molecule has 2 N–H and O–H groups in total. The Bertz CT molecular complexity index is 367. The Hall–Kier alpha value is -1.49. The van der Waals surface area contributed by atoms with Crippen LogP contribution in [0.1, 0.15) is 20.3 Å². The molecule has 0 aliphatic heterocycles. The Labute approximate surface area is 100 Å². The summed E-state index contributed by atoms with van der Waals surface area (Å²) >= 11 is 5.08. The van der Waals surface area contributed by atoms with Crippen molar-refractivity contribution in [3.63, 3.8) is 0 Å². The van der Waals surface area contributed by atoms with E-state index >= 15 is 0 Å². The zero-order valence-electron chi connectivity index (χ0n) is 9.36. The summed E-state index contributed by atoms with van der Waals surface area (Å²) in [6, 6.07) is 3.40. The van der Waals surface area contributed by atoms with Gasteiger partial charge in [-0.3, -0.25) is 9.78 Å². The van der Waals surface area contributed by atoms with E-state index in [0.717, 1.165) is 5.69 Å². The van der Waals surface area contributed by atoms with Gasteiger partial charge in [0, 0.05) is 12.6 Å². The maximum atomic E-state index is 11.3. The lowest BCUT2D eigenvalue weighted by Crippen LogP contribution is -2.40. The molecule has 0 saturated heterocycles. The Morgan fingerprint density at radius 2 is 2.38 bits per heavy atom. The molecule has 1 aromatic rings. The van der Waals surface area contributed by atoms with Gasteiger partial charge in [0.2, 0.25) is 0 Å². The third-order valence-electron chi connectivity index (χ3n) is 2.10. The fourth-order valence-corrected chi connectivity index (χ4v) is 1.48. The monoisotopic (exact) mass is 237 g/mol. The molecule has 0 saturated carbocycles. The fourth-order valence-electron chi connectivity index (χ4n) is 1.19. The van der Waals surface area contributed by atoms with Crippen LogP contribution in [-0.4, -0.2) is 21.9 Å². The lowest BCUT2D eigenvalue weighted by atomic mass is 10.2. The fraction of sp³-hybridized carbons (Fsp3) is 0.364. The minimum absolute atomic E-state index is 0.135. The number of carbonyl (C=O) groups is 1. The molecule has 1 aromatic heterocycles. The van der Waals surface area contributed by atoms with E-state index in [1.165, 1.54) is 0 Å². The van der Waals surface area contributed by atoms with Crippen molar-refractivity contribution in [1.82, 2.24) is 10.3 Å². The van der Waals surface area contributed by atoms with E-state index in [-0.39, 0.29) is 11.8 Å². The first kappa shape index (κ1) is 12.6. The molecule has 1 atom stereocenters. The van der Waals surface area contributed by atoms with Crippen LogP contribution in [0.4, 0.5) is 5.69 Å². The molecular formula is C11H15N3OS. The number of anilines is 1. The van der Waals surface area contributed by atoms with Crippen LogP contribution >= 0.6 is 12.2 Å². The number of rotatable bonds is 4. The standard InChI is InChI=1S/C11H15N3OS/c1-3-10(15)8(2)13-11(16)14-9-5-4-6-12-7-9/h4-8H,3H2,1-2H3,(H2,13,14,16)/t8-/m0/s1. The van der Waals surface area contributed by atoms with Crippen molar-refractivity contribution in [2.24, 2.45) is 0 Å². The van der Waals surface area contributed by atoms with Crippen LogP contribution in [0, 0.1) is 0 Å². The summed E-state index contributed by atoms with van der Waals surface area (Å²) in [5.41, 5.74) is 0.802. The summed E-state index contributed by atoms with van der Waals surface area (Å²) in [6.07, 6.45) is 3.86. The van der Waals surface area contributed by atoms with Crippen LogP contribution in [0.5, 0.6) is 0 Å². The van der Waals surface area contributed by atoms with Crippen LogP contribution < -0.4 is 10.6 Å². The quantitative estimate of drug-likeness (QED) is 0.781. The van der Waals surface area contributed by atoms with Crippen LogP contribution in [0.2, 0.25) is 0 Å². The van der Waals surface area contributed by atoms with E-state index < -0.39 is 0 Å². The molecule has 0 aromatic carbocycles. The summed E-state index contributed by atoms with van der Waals surface area (Å²) in [5.74, 6) is 0.135. The normalized spacial score (nSPS) is 11.6. The number of nitrogens with one attached hydrogen (secondary N) is 2. The number of aromatic nitrogens is 1. The van der Waals surface area contributed by atoms with Crippen molar-refractivity contribution in [2.75, 3.05) is 5.32 Å². The summed E-state index contributed by atoms with van der Waals surface area (Å²) in [7, 11) is 0. The number of nitrogens with zero attached hydrogens (tertiary/aromatic N) is 1. The first-order valence-electron chi connectivity index (χ1n) is 5.13. The zero-order valence-corrected chi connectivity index (χ0v) is 10.2. The highest BCUT2D eigenvalue weighted by Crippen LogP contribution is 2.02. The van der Waals surface area contributed by atoms with Gasteiger partial charge >= 0.3 is 0 Å². The maximum Gasteiger partial charge on any atom is 0.171 e. The van der Waals surface area contributed by atoms with Gasteiger partial charge in [0.1, 0.15) is 0 Å². The molecule has 0 spiro atoms. The second kappa shape index (κ2) is 6.17. The smallest absolute Gasteiger partial charge is 0.171 e. The number of hydrogen-bond donors (Lipinski definition) is 2. The molecule has 4 nitrogen and oxygen atoms in total. The predicted molar refractivity (Wildman–Crippen MR) is 68.4 cm³/mol. The average Bonchev–Trinajstić information content (AvgIpc) is 2.29. The number of thiocarbonyl (C=S) groups is 1. The van der Waals surface area contributed by atoms with Gasteiger partial charge in [-0.2, -0.15) is 0 Å².